The van der Waals surface area contributed by atoms with Gasteiger partial charge in [-0.05, 0) is 54.2 Å². The molecule has 16 heavy (non-hydrogen) atoms. The van der Waals surface area contributed by atoms with E-state index in [-0.39, 0.29) is 5.82 Å². The predicted octanol–water partition coefficient (Wildman–Crippen LogP) is 4.29. The zero-order valence-corrected chi connectivity index (χ0v) is 9.88. The molecule has 1 aromatic rings. The van der Waals surface area contributed by atoms with E-state index in [0.717, 1.165) is 23.8 Å². The van der Waals surface area contributed by atoms with Crippen molar-refractivity contribution < 1.29 is 4.39 Å². The quantitative estimate of drug-likeness (QED) is 0.707. The molecule has 0 heterocycles. The molecule has 0 aromatic heterocycles. The first-order chi connectivity index (χ1) is 7.78. The van der Waals surface area contributed by atoms with E-state index in [1.807, 2.05) is 6.07 Å². The van der Waals surface area contributed by atoms with Gasteiger partial charge in [-0.2, -0.15) is 0 Å². The maximum absolute atomic E-state index is 13.7. The van der Waals surface area contributed by atoms with E-state index >= 15 is 0 Å². The van der Waals surface area contributed by atoms with Gasteiger partial charge in [0.25, 0.3) is 0 Å². The van der Waals surface area contributed by atoms with E-state index in [2.05, 4.69) is 13.0 Å². The highest BCUT2D eigenvalue weighted by Crippen LogP contribution is 2.54. The second-order valence-electron chi connectivity index (χ2n) is 5.49. The second kappa shape index (κ2) is 3.87. The van der Waals surface area contributed by atoms with Gasteiger partial charge in [0.05, 0.1) is 0 Å². The van der Waals surface area contributed by atoms with Crippen LogP contribution in [0.4, 0.5) is 4.39 Å². The summed E-state index contributed by atoms with van der Waals surface area (Å²) < 4.78 is 13.7. The standard InChI is InChI=1S/C15H19F/c1-2-10-5-6-15(16)14(8-10)13-9-12(13)7-11-3-4-11/h5-6,8,11-13H,2-4,7,9H2,1H3. The van der Waals surface area contributed by atoms with Gasteiger partial charge in [0, 0.05) is 0 Å². The van der Waals surface area contributed by atoms with E-state index in [1.54, 1.807) is 6.07 Å². The number of rotatable bonds is 4. The Morgan fingerprint density at radius 2 is 2.12 bits per heavy atom. The van der Waals surface area contributed by atoms with Crippen LogP contribution in [-0.2, 0) is 6.42 Å². The van der Waals surface area contributed by atoms with Gasteiger partial charge in [-0.3, -0.25) is 0 Å². The summed E-state index contributed by atoms with van der Waals surface area (Å²) in [5.74, 6) is 2.31. The van der Waals surface area contributed by atoms with Gasteiger partial charge in [0.15, 0.2) is 0 Å². The summed E-state index contributed by atoms with van der Waals surface area (Å²) in [6.07, 6.45) is 6.41. The fourth-order valence-corrected chi connectivity index (χ4v) is 2.77. The molecule has 0 aliphatic heterocycles. The molecule has 0 nitrogen and oxygen atoms in total. The molecule has 1 aromatic carbocycles. The molecule has 2 aliphatic rings. The summed E-state index contributed by atoms with van der Waals surface area (Å²) in [6, 6.07) is 5.66. The first kappa shape index (κ1) is 10.3. The Morgan fingerprint density at radius 1 is 1.31 bits per heavy atom. The monoisotopic (exact) mass is 218 g/mol. The lowest BCUT2D eigenvalue weighted by molar-refractivity contribution is 0.591. The molecular weight excluding hydrogens is 199 g/mol. The lowest BCUT2D eigenvalue weighted by atomic mass is 10.0. The molecule has 2 aliphatic carbocycles. The molecule has 1 heteroatoms. The smallest absolute Gasteiger partial charge is 0.126 e. The first-order valence-corrected chi connectivity index (χ1v) is 6.56. The van der Waals surface area contributed by atoms with Gasteiger partial charge >= 0.3 is 0 Å². The average Bonchev–Trinajstić information content (AvgIpc) is 3.18. The van der Waals surface area contributed by atoms with Crippen LogP contribution >= 0.6 is 0 Å². The van der Waals surface area contributed by atoms with Crippen molar-refractivity contribution in [2.75, 3.05) is 0 Å². The Labute approximate surface area is 96.9 Å². The molecule has 2 saturated carbocycles. The van der Waals surface area contributed by atoms with Crippen molar-refractivity contribution in [1.29, 1.82) is 0 Å². The number of hydrogen-bond acceptors (Lipinski definition) is 0. The highest BCUT2D eigenvalue weighted by molar-refractivity contribution is 5.32. The Hall–Kier alpha value is -0.850. The average molecular weight is 218 g/mol. The summed E-state index contributed by atoms with van der Waals surface area (Å²) in [5.41, 5.74) is 2.26. The molecule has 86 valence electrons. The van der Waals surface area contributed by atoms with E-state index in [9.17, 15) is 4.39 Å². The number of benzene rings is 1. The highest BCUT2D eigenvalue weighted by atomic mass is 19.1. The van der Waals surface area contributed by atoms with Gasteiger partial charge in [-0.15, -0.1) is 0 Å². The lowest BCUT2D eigenvalue weighted by Crippen LogP contribution is -1.93. The molecule has 0 radical (unpaired) electrons. The Bertz CT molecular complexity index is 392. The summed E-state index contributed by atoms with van der Waals surface area (Å²) >= 11 is 0. The zero-order chi connectivity index (χ0) is 11.1. The predicted molar refractivity (Wildman–Crippen MR) is 64.0 cm³/mol. The minimum atomic E-state index is 0.0143. The van der Waals surface area contributed by atoms with Crippen LogP contribution in [0, 0.1) is 17.7 Å². The molecule has 0 spiro atoms. The fourth-order valence-electron chi connectivity index (χ4n) is 2.77. The van der Waals surface area contributed by atoms with Gasteiger partial charge in [0.2, 0.25) is 0 Å². The molecule has 2 fully saturated rings. The zero-order valence-electron chi connectivity index (χ0n) is 9.88. The van der Waals surface area contributed by atoms with Crippen molar-refractivity contribution in [2.45, 2.75) is 44.9 Å². The van der Waals surface area contributed by atoms with E-state index in [4.69, 9.17) is 0 Å². The van der Waals surface area contributed by atoms with Crippen LogP contribution in [0.5, 0.6) is 0 Å². The Morgan fingerprint density at radius 3 is 2.81 bits per heavy atom. The van der Waals surface area contributed by atoms with Crippen molar-refractivity contribution in [1.82, 2.24) is 0 Å². The van der Waals surface area contributed by atoms with Crippen LogP contribution in [0.1, 0.15) is 49.7 Å². The fraction of sp³-hybridized carbons (Fsp3) is 0.600. The van der Waals surface area contributed by atoms with E-state index in [1.165, 1.54) is 31.2 Å². The normalized spacial score (nSPS) is 28.1. The SMILES string of the molecule is CCc1ccc(F)c(C2CC2CC2CC2)c1. The van der Waals surface area contributed by atoms with E-state index < -0.39 is 0 Å². The van der Waals surface area contributed by atoms with Crippen molar-refractivity contribution >= 4 is 0 Å². The molecule has 0 bridgehead atoms. The maximum atomic E-state index is 13.7. The Kier molecular flexibility index (Phi) is 2.49. The summed E-state index contributed by atoms with van der Waals surface area (Å²) in [7, 11) is 0. The highest BCUT2D eigenvalue weighted by Gasteiger charge is 2.42. The number of aryl methyl sites for hydroxylation is 1. The summed E-state index contributed by atoms with van der Waals surface area (Å²) in [6.45, 7) is 2.13. The first-order valence-electron chi connectivity index (χ1n) is 6.56. The van der Waals surface area contributed by atoms with Gasteiger partial charge in [0.1, 0.15) is 5.82 Å². The van der Waals surface area contributed by atoms with Crippen LogP contribution in [0.2, 0.25) is 0 Å². The third-order valence-electron chi connectivity index (χ3n) is 4.12. The van der Waals surface area contributed by atoms with Gasteiger partial charge < -0.3 is 0 Å². The van der Waals surface area contributed by atoms with Crippen LogP contribution in [0.3, 0.4) is 0 Å². The van der Waals surface area contributed by atoms with Crippen LogP contribution in [0.15, 0.2) is 18.2 Å². The Balaban J connectivity index is 1.73. The maximum Gasteiger partial charge on any atom is 0.126 e. The number of hydrogen-bond donors (Lipinski definition) is 0. The molecule has 0 amide bonds. The van der Waals surface area contributed by atoms with Gasteiger partial charge in [-0.25, -0.2) is 4.39 Å². The van der Waals surface area contributed by atoms with Crippen molar-refractivity contribution in [3.8, 4) is 0 Å². The minimum Gasteiger partial charge on any atom is -0.207 e. The molecule has 3 rings (SSSR count). The third-order valence-corrected chi connectivity index (χ3v) is 4.12. The lowest BCUT2D eigenvalue weighted by Gasteiger charge is -2.05. The summed E-state index contributed by atoms with van der Waals surface area (Å²) in [4.78, 5) is 0. The van der Waals surface area contributed by atoms with Gasteiger partial charge in [-0.1, -0.05) is 31.9 Å². The van der Waals surface area contributed by atoms with Crippen molar-refractivity contribution in [2.24, 2.45) is 11.8 Å². The topological polar surface area (TPSA) is 0 Å². The molecule has 0 saturated heterocycles. The van der Waals surface area contributed by atoms with Crippen LogP contribution in [0.25, 0.3) is 0 Å². The summed E-state index contributed by atoms with van der Waals surface area (Å²) in [5, 5.41) is 0. The van der Waals surface area contributed by atoms with Crippen LogP contribution < -0.4 is 0 Å². The second-order valence-corrected chi connectivity index (χ2v) is 5.49. The largest absolute Gasteiger partial charge is 0.207 e. The molecule has 2 atom stereocenters. The van der Waals surface area contributed by atoms with Crippen molar-refractivity contribution in [3.05, 3.63) is 35.1 Å². The third kappa shape index (κ3) is 2.00. The number of halogens is 1. The molecule has 0 N–H and O–H groups in total. The molecular formula is C15H19F. The minimum absolute atomic E-state index is 0.0143. The van der Waals surface area contributed by atoms with Crippen LogP contribution in [-0.4, -0.2) is 0 Å². The molecule has 2 unspecified atom stereocenters. The van der Waals surface area contributed by atoms with Crippen molar-refractivity contribution in [3.63, 3.8) is 0 Å². The van der Waals surface area contributed by atoms with E-state index in [0.29, 0.717) is 5.92 Å².